The van der Waals surface area contributed by atoms with Crippen LogP contribution in [-0.4, -0.2) is 53.3 Å². The average molecular weight is 450 g/mol. The third-order valence-electron chi connectivity index (χ3n) is 5.21. The SMILES string of the molecule is COc1ccccc1-c1cc(CSc2nnc(N3CCOCC3)n2-c2ccccc2)on1. The molecule has 5 rings (SSSR count). The highest BCUT2D eigenvalue weighted by Gasteiger charge is 2.22. The Morgan fingerprint density at radius 3 is 2.59 bits per heavy atom. The van der Waals surface area contributed by atoms with Crippen molar-refractivity contribution in [2.24, 2.45) is 0 Å². The van der Waals surface area contributed by atoms with E-state index in [2.05, 4.69) is 37.0 Å². The lowest BCUT2D eigenvalue weighted by atomic mass is 10.1. The van der Waals surface area contributed by atoms with E-state index in [0.717, 1.165) is 52.6 Å². The molecule has 0 amide bonds. The average Bonchev–Trinajstić information content (AvgIpc) is 3.51. The van der Waals surface area contributed by atoms with Gasteiger partial charge in [-0.25, -0.2) is 0 Å². The zero-order chi connectivity index (χ0) is 21.8. The summed E-state index contributed by atoms with van der Waals surface area (Å²) in [7, 11) is 1.65. The first-order valence-corrected chi connectivity index (χ1v) is 11.4. The minimum atomic E-state index is 0.580. The number of rotatable bonds is 7. The first-order valence-electron chi connectivity index (χ1n) is 10.4. The number of para-hydroxylation sites is 2. The highest BCUT2D eigenvalue weighted by Crippen LogP contribution is 2.32. The fourth-order valence-electron chi connectivity index (χ4n) is 3.63. The van der Waals surface area contributed by atoms with E-state index < -0.39 is 0 Å². The van der Waals surface area contributed by atoms with Crippen LogP contribution in [0.15, 0.2) is 70.3 Å². The number of aromatic nitrogens is 4. The summed E-state index contributed by atoms with van der Waals surface area (Å²) in [4.78, 5) is 2.21. The van der Waals surface area contributed by atoms with Gasteiger partial charge in [0.05, 0.1) is 31.8 Å². The molecule has 0 saturated carbocycles. The van der Waals surface area contributed by atoms with E-state index in [1.165, 1.54) is 0 Å². The summed E-state index contributed by atoms with van der Waals surface area (Å²) >= 11 is 1.56. The number of methoxy groups -OCH3 is 1. The molecule has 1 fully saturated rings. The molecule has 0 aliphatic carbocycles. The molecule has 0 unspecified atom stereocenters. The molecule has 0 spiro atoms. The van der Waals surface area contributed by atoms with Crippen LogP contribution in [0.3, 0.4) is 0 Å². The molecule has 0 radical (unpaired) electrons. The number of hydrogen-bond donors (Lipinski definition) is 0. The van der Waals surface area contributed by atoms with Gasteiger partial charge in [-0.3, -0.25) is 4.57 Å². The lowest BCUT2D eigenvalue weighted by Gasteiger charge is -2.27. The topological polar surface area (TPSA) is 78.4 Å². The molecule has 8 nitrogen and oxygen atoms in total. The van der Waals surface area contributed by atoms with Crippen molar-refractivity contribution >= 4 is 17.7 Å². The summed E-state index contributed by atoms with van der Waals surface area (Å²) in [6, 6.07) is 19.9. The molecule has 0 N–H and O–H groups in total. The predicted octanol–water partition coefficient (Wildman–Crippen LogP) is 4.06. The molecule has 1 aliphatic rings. The van der Waals surface area contributed by atoms with Crippen molar-refractivity contribution in [2.45, 2.75) is 10.9 Å². The van der Waals surface area contributed by atoms with Crippen molar-refractivity contribution in [3.8, 4) is 22.7 Å². The summed E-state index contributed by atoms with van der Waals surface area (Å²) in [5.74, 6) is 2.93. The van der Waals surface area contributed by atoms with E-state index in [-0.39, 0.29) is 0 Å². The van der Waals surface area contributed by atoms with Crippen LogP contribution in [0.25, 0.3) is 16.9 Å². The first-order chi connectivity index (χ1) is 15.8. The summed E-state index contributed by atoms with van der Waals surface area (Å²) in [6.45, 7) is 2.96. The normalized spacial score (nSPS) is 14.0. The lowest BCUT2D eigenvalue weighted by Crippen LogP contribution is -2.37. The minimum Gasteiger partial charge on any atom is -0.496 e. The second-order valence-electron chi connectivity index (χ2n) is 7.22. The third kappa shape index (κ3) is 4.21. The Morgan fingerprint density at radius 1 is 1.00 bits per heavy atom. The summed E-state index contributed by atoms with van der Waals surface area (Å²) in [5, 5.41) is 14.0. The van der Waals surface area contributed by atoms with Crippen LogP contribution in [0.4, 0.5) is 5.95 Å². The number of nitrogens with zero attached hydrogens (tertiary/aromatic N) is 5. The largest absolute Gasteiger partial charge is 0.496 e. The Balaban J connectivity index is 1.39. The fourth-order valence-corrected chi connectivity index (χ4v) is 4.45. The van der Waals surface area contributed by atoms with Crippen LogP contribution >= 0.6 is 11.8 Å². The Kier molecular flexibility index (Phi) is 6.09. The van der Waals surface area contributed by atoms with Crippen molar-refractivity contribution < 1.29 is 14.0 Å². The van der Waals surface area contributed by atoms with Crippen molar-refractivity contribution in [2.75, 3.05) is 38.3 Å². The maximum atomic E-state index is 5.60. The molecule has 2 aromatic carbocycles. The number of thioether (sulfide) groups is 1. The molecule has 3 heterocycles. The van der Waals surface area contributed by atoms with Gasteiger partial charge in [-0.1, -0.05) is 47.3 Å². The van der Waals surface area contributed by atoms with Gasteiger partial charge in [0.2, 0.25) is 5.95 Å². The Morgan fingerprint density at radius 2 is 1.78 bits per heavy atom. The third-order valence-corrected chi connectivity index (χ3v) is 6.16. The zero-order valence-corrected chi connectivity index (χ0v) is 18.5. The molecule has 0 bridgehead atoms. The predicted molar refractivity (Wildman–Crippen MR) is 122 cm³/mol. The number of hydrogen-bond acceptors (Lipinski definition) is 8. The van der Waals surface area contributed by atoms with Crippen molar-refractivity contribution in [1.82, 2.24) is 19.9 Å². The Bertz CT molecular complexity index is 1170. The zero-order valence-electron chi connectivity index (χ0n) is 17.7. The van der Waals surface area contributed by atoms with E-state index in [1.807, 2.05) is 48.5 Å². The maximum absolute atomic E-state index is 5.60. The van der Waals surface area contributed by atoms with Gasteiger partial charge in [0.15, 0.2) is 5.16 Å². The van der Waals surface area contributed by atoms with Gasteiger partial charge in [0, 0.05) is 24.7 Å². The minimum absolute atomic E-state index is 0.580. The first kappa shape index (κ1) is 20.6. The molecule has 9 heteroatoms. The molecule has 1 aliphatic heterocycles. The molecular formula is C23H23N5O3S. The fraction of sp³-hybridized carbons (Fsp3) is 0.261. The monoisotopic (exact) mass is 449 g/mol. The molecule has 164 valence electrons. The number of anilines is 1. The number of ether oxygens (including phenoxy) is 2. The van der Waals surface area contributed by atoms with Crippen molar-refractivity contribution in [3.05, 3.63) is 66.4 Å². The van der Waals surface area contributed by atoms with E-state index in [9.17, 15) is 0 Å². The maximum Gasteiger partial charge on any atom is 0.232 e. The number of morpholine rings is 1. The molecule has 32 heavy (non-hydrogen) atoms. The van der Waals surface area contributed by atoms with Gasteiger partial charge < -0.3 is 18.9 Å². The molecule has 0 atom stereocenters. The van der Waals surface area contributed by atoms with Crippen LogP contribution < -0.4 is 9.64 Å². The van der Waals surface area contributed by atoms with Crippen LogP contribution in [0.2, 0.25) is 0 Å². The highest BCUT2D eigenvalue weighted by atomic mass is 32.2. The van der Waals surface area contributed by atoms with Gasteiger partial charge in [-0.05, 0) is 24.3 Å². The number of benzene rings is 2. The van der Waals surface area contributed by atoms with E-state index >= 15 is 0 Å². The van der Waals surface area contributed by atoms with Gasteiger partial charge in [-0.2, -0.15) is 0 Å². The lowest BCUT2D eigenvalue weighted by molar-refractivity contribution is 0.122. The summed E-state index contributed by atoms with van der Waals surface area (Å²) < 4.78 is 18.6. The second kappa shape index (κ2) is 9.46. The molecular weight excluding hydrogens is 426 g/mol. The van der Waals surface area contributed by atoms with E-state index in [0.29, 0.717) is 19.0 Å². The highest BCUT2D eigenvalue weighted by molar-refractivity contribution is 7.98. The van der Waals surface area contributed by atoms with Crippen LogP contribution in [-0.2, 0) is 10.5 Å². The van der Waals surface area contributed by atoms with Crippen molar-refractivity contribution in [1.29, 1.82) is 0 Å². The van der Waals surface area contributed by atoms with Gasteiger partial charge >= 0.3 is 0 Å². The van der Waals surface area contributed by atoms with Crippen molar-refractivity contribution in [3.63, 3.8) is 0 Å². The van der Waals surface area contributed by atoms with E-state index in [1.54, 1.807) is 18.9 Å². The summed E-state index contributed by atoms with van der Waals surface area (Å²) in [5.41, 5.74) is 2.67. The van der Waals surface area contributed by atoms with Crippen LogP contribution in [0.1, 0.15) is 5.76 Å². The van der Waals surface area contributed by atoms with Crippen LogP contribution in [0, 0.1) is 0 Å². The van der Waals surface area contributed by atoms with E-state index in [4.69, 9.17) is 14.0 Å². The van der Waals surface area contributed by atoms with Gasteiger partial charge in [-0.15, -0.1) is 10.2 Å². The molecule has 1 saturated heterocycles. The Labute approximate surface area is 190 Å². The quantitative estimate of drug-likeness (QED) is 0.391. The molecule has 4 aromatic rings. The molecule has 2 aromatic heterocycles. The summed E-state index contributed by atoms with van der Waals surface area (Å²) in [6.07, 6.45) is 0. The van der Waals surface area contributed by atoms with Crippen LogP contribution in [0.5, 0.6) is 5.75 Å². The smallest absolute Gasteiger partial charge is 0.232 e. The Hall–Kier alpha value is -3.30. The van der Waals surface area contributed by atoms with Gasteiger partial charge in [0.1, 0.15) is 17.2 Å². The second-order valence-corrected chi connectivity index (χ2v) is 8.16. The standard InChI is InChI=1S/C23H23N5O3S/c1-29-21-10-6-5-9-19(21)20-15-18(31-26-20)16-32-23-25-24-22(27-11-13-30-14-12-27)28(23)17-7-3-2-4-8-17/h2-10,15H,11-14,16H2,1H3. The van der Waals surface area contributed by atoms with Gasteiger partial charge in [0.25, 0.3) is 0 Å².